The highest BCUT2D eigenvalue weighted by Crippen LogP contribution is 2.34. The lowest BCUT2D eigenvalue weighted by Crippen LogP contribution is -2.15. The summed E-state index contributed by atoms with van der Waals surface area (Å²) < 4.78 is 38.2. The zero-order chi connectivity index (χ0) is 13.9. The molecule has 1 unspecified atom stereocenters. The molecule has 0 spiro atoms. The molecule has 2 nitrogen and oxygen atoms in total. The van der Waals surface area contributed by atoms with E-state index in [1.54, 1.807) is 11.4 Å². The van der Waals surface area contributed by atoms with Crippen molar-refractivity contribution in [1.29, 1.82) is 0 Å². The van der Waals surface area contributed by atoms with Gasteiger partial charge in [0.15, 0.2) is 0 Å². The van der Waals surface area contributed by atoms with Gasteiger partial charge in [-0.25, -0.2) is 0 Å². The predicted molar refractivity (Wildman–Crippen MR) is 69.2 cm³/mol. The van der Waals surface area contributed by atoms with Crippen LogP contribution < -0.4 is 5.32 Å². The van der Waals surface area contributed by atoms with Crippen LogP contribution in [0.15, 0.2) is 41.1 Å². The van der Waals surface area contributed by atoms with Gasteiger partial charge in [0.05, 0.1) is 11.7 Å². The van der Waals surface area contributed by atoms with Crippen molar-refractivity contribution in [2.75, 3.05) is 11.9 Å². The van der Waals surface area contributed by atoms with Crippen molar-refractivity contribution in [3.05, 3.63) is 52.2 Å². The Hall–Kier alpha value is -1.53. The highest BCUT2D eigenvalue weighted by molar-refractivity contribution is 7.07. The molecule has 1 aromatic heterocycles. The number of halogens is 3. The van der Waals surface area contributed by atoms with Crippen LogP contribution in [-0.2, 0) is 6.18 Å². The number of thiophene rings is 1. The minimum Gasteiger partial charge on any atom is -0.387 e. The second-order valence-electron chi connectivity index (χ2n) is 4.00. The Balaban J connectivity index is 2.08. The molecule has 2 rings (SSSR count). The summed E-state index contributed by atoms with van der Waals surface area (Å²) in [5.41, 5.74) is -0.0567. The van der Waals surface area contributed by atoms with Crippen molar-refractivity contribution in [1.82, 2.24) is 0 Å². The quantitative estimate of drug-likeness (QED) is 0.893. The first-order chi connectivity index (χ1) is 8.98. The summed E-state index contributed by atoms with van der Waals surface area (Å²) in [6.07, 6.45) is -5.23. The minimum absolute atomic E-state index is 0.0238. The number of alkyl halides is 3. The maximum absolute atomic E-state index is 12.7. The van der Waals surface area contributed by atoms with Crippen LogP contribution in [-0.4, -0.2) is 11.7 Å². The number of anilines is 1. The molecule has 6 heteroatoms. The highest BCUT2D eigenvalue weighted by atomic mass is 32.1. The molecule has 0 fully saturated rings. The van der Waals surface area contributed by atoms with Gasteiger partial charge in [-0.05, 0) is 34.5 Å². The maximum Gasteiger partial charge on any atom is 0.418 e. The first kappa shape index (κ1) is 13.9. The van der Waals surface area contributed by atoms with Crippen molar-refractivity contribution < 1.29 is 18.3 Å². The molecule has 1 atom stereocenters. The third-order valence-corrected chi connectivity index (χ3v) is 3.35. The van der Waals surface area contributed by atoms with Gasteiger partial charge in [0.25, 0.3) is 0 Å². The van der Waals surface area contributed by atoms with Crippen LogP contribution in [0.1, 0.15) is 17.2 Å². The lowest BCUT2D eigenvalue weighted by molar-refractivity contribution is -0.137. The van der Waals surface area contributed by atoms with E-state index in [1.165, 1.54) is 29.5 Å². The minimum atomic E-state index is -4.41. The van der Waals surface area contributed by atoms with Crippen LogP contribution in [0.3, 0.4) is 0 Å². The average molecular weight is 287 g/mol. The number of benzene rings is 1. The molecule has 0 aliphatic heterocycles. The van der Waals surface area contributed by atoms with Crippen LogP contribution >= 0.6 is 11.3 Å². The maximum atomic E-state index is 12.7. The molecule has 0 radical (unpaired) electrons. The van der Waals surface area contributed by atoms with Crippen molar-refractivity contribution in [3.8, 4) is 0 Å². The number of para-hydroxylation sites is 1. The number of aliphatic hydroxyl groups is 1. The largest absolute Gasteiger partial charge is 0.418 e. The Morgan fingerprint density at radius 3 is 2.58 bits per heavy atom. The van der Waals surface area contributed by atoms with Gasteiger partial charge in [-0.1, -0.05) is 12.1 Å². The lowest BCUT2D eigenvalue weighted by Gasteiger charge is -2.16. The monoisotopic (exact) mass is 287 g/mol. The molecule has 1 heterocycles. The fourth-order valence-electron chi connectivity index (χ4n) is 1.67. The third-order valence-electron chi connectivity index (χ3n) is 2.65. The zero-order valence-corrected chi connectivity index (χ0v) is 10.6. The Morgan fingerprint density at radius 1 is 1.21 bits per heavy atom. The summed E-state index contributed by atoms with van der Waals surface area (Å²) in [6.45, 7) is 0.0316. The summed E-state index contributed by atoms with van der Waals surface area (Å²) in [4.78, 5) is 0. The Bertz CT molecular complexity index is 525. The molecule has 102 valence electrons. The smallest absolute Gasteiger partial charge is 0.387 e. The Kier molecular flexibility index (Phi) is 4.11. The van der Waals surface area contributed by atoms with Gasteiger partial charge in [0.2, 0.25) is 0 Å². The molecule has 0 amide bonds. The zero-order valence-electron chi connectivity index (χ0n) is 9.82. The van der Waals surface area contributed by atoms with E-state index in [-0.39, 0.29) is 12.2 Å². The molecular weight excluding hydrogens is 275 g/mol. The van der Waals surface area contributed by atoms with E-state index < -0.39 is 17.8 Å². The number of rotatable bonds is 4. The normalized spacial score (nSPS) is 13.3. The lowest BCUT2D eigenvalue weighted by atomic mass is 10.1. The fourth-order valence-corrected chi connectivity index (χ4v) is 2.38. The van der Waals surface area contributed by atoms with Gasteiger partial charge in [0.1, 0.15) is 0 Å². The van der Waals surface area contributed by atoms with Crippen LogP contribution in [0.2, 0.25) is 0 Å². The Morgan fingerprint density at radius 2 is 1.95 bits per heavy atom. The first-order valence-electron chi connectivity index (χ1n) is 5.59. The Labute approximate surface area is 112 Å². The summed E-state index contributed by atoms with van der Waals surface area (Å²) in [7, 11) is 0. The number of nitrogens with one attached hydrogen (secondary N) is 1. The van der Waals surface area contributed by atoms with Crippen LogP contribution in [0, 0.1) is 0 Å². The van der Waals surface area contributed by atoms with Crippen molar-refractivity contribution in [2.45, 2.75) is 12.3 Å². The second kappa shape index (κ2) is 5.63. The molecule has 19 heavy (non-hydrogen) atoms. The molecule has 0 aliphatic rings. The topological polar surface area (TPSA) is 32.3 Å². The molecule has 2 N–H and O–H groups in total. The van der Waals surface area contributed by atoms with Crippen molar-refractivity contribution in [2.24, 2.45) is 0 Å². The van der Waals surface area contributed by atoms with Gasteiger partial charge in [-0.3, -0.25) is 0 Å². The van der Waals surface area contributed by atoms with E-state index in [0.29, 0.717) is 5.56 Å². The standard InChI is InChI=1S/C13H12F3NOS/c14-13(15,16)10-3-1-2-4-11(10)17-7-12(18)9-5-6-19-8-9/h1-6,8,12,17-18H,7H2. The van der Waals surface area contributed by atoms with E-state index in [9.17, 15) is 18.3 Å². The van der Waals surface area contributed by atoms with E-state index in [2.05, 4.69) is 5.32 Å². The molecule has 2 aromatic rings. The third kappa shape index (κ3) is 3.48. The van der Waals surface area contributed by atoms with Gasteiger partial charge in [-0.2, -0.15) is 24.5 Å². The van der Waals surface area contributed by atoms with Gasteiger partial charge in [-0.15, -0.1) is 0 Å². The van der Waals surface area contributed by atoms with Crippen molar-refractivity contribution >= 4 is 17.0 Å². The first-order valence-corrected chi connectivity index (χ1v) is 6.53. The van der Waals surface area contributed by atoms with Crippen LogP contribution in [0.25, 0.3) is 0 Å². The molecule has 0 bridgehead atoms. The van der Waals surface area contributed by atoms with Crippen LogP contribution in [0.5, 0.6) is 0 Å². The van der Waals surface area contributed by atoms with Crippen molar-refractivity contribution in [3.63, 3.8) is 0 Å². The number of hydrogen-bond acceptors (Lipinski definition) is 3. The van der Waals surface area contributed by atoms with Gasteiger partial charge >= 0.3 is 6.18 Å². The van der Waals surface area contributed by atoms with E-state index in [0.717, 1.165) is 6.07 Å². The molecule has 0 saturated carbocycles. The fraction of sp³-hybridized carbons (Fsp3) is 0.231. The SMILES string of the molecule is OC(CNc1ccccc1C(F)(F)F)c1ccsc1. The highest BCUT2D eigenvalue weighted by Gasteiger charge is 2.33. The summed E-state index contributed by atoms with van der Waals surface area (Å²) in [5, 5.41) is 16.0. The summed E-state index contributed by atoms with van der Waals surface area (Å²) >= 11 is 1.43. The average Bonchev–Trinajstić information content (AvgIpc) is 2.89. The number of hydrogen-bond donors (Lipinski definition) is 2. The number of aliphatic hydroxyl groups excluding tert-OH is 1. The van der Waals surface area contributed by atoms with Crippen LogP contribution in [0.4, 0.5) is 18.9 Å². The van der Waals surface area contributed by atoms with E-state index in [1.807, 2.05) is 5.38 Å². The van der Waals surface area contributed by atoms with E-state index >= 15 is 0 Å². The molecule has 0 saturated heterocycles. The van der Waals surface area contributed by atoms with Gasteiger partial charge in [0, 0.05) is 12.2 Å². The van der Waals surface area contributed by atoms with Gasteiger partial charge < -0.3 is 10.4 Å². The molecule has 1 aromatic carbocycles. The second-order valence-corrected chi connectivity index (χ2v) is 4.78. The van der Waals surface area contributed by atoms with E-state index in [4.69, 9.17) is 0 Å². The summed E-state index contributed by atoms with van der Waals surface area (Å²) in [6, 6.07) is 6.97. The molecule has 0 aliphatic carbocycles. The predicted octanol–water partition coefficient (Wildman–Crippen LogP) is 3.91. The summed E-state index contributed by atoms with van der Waals surface area (Å²) in [5.74, 6) is 0. The molecular formula is C13H12F3NOS.